The van der Waals surface area contributed by atoms with Crippen LogP contribution in [-0.2, 0) is 4.79 Å². The fourth-order valence-electron chi connectivity index (χ4n) is 2.27. The van der Waals surface area contributed by atoms with E-state index >= 15 is 0 Å². The van der Waals surface area contributed by atoms with Gasteiger partial charge in [0.15, 0.2) is 11.5 Å². The maximum atomic E-state index is 12.5. The second kappa shape index (κ2) is 9.18. The molecule has 0 saturated carbocycles. The number of amides is 2. The van der Waals surface area contributed by atoms with Crippen molar-refractivity contribution in [1.29, 1.82) is 0 Å². The molecule has 0 spiro atoms. The highest BCUT2D eigenvalue weighted by Gasteiger charge is 2.18. The van der Waals surface area contributed by atoms with Crippen LogP contribution in [0.1, 0.15) is 10.4 Å². The lowest BCUT2D eigenvalue weighted by atomic mass is 10.1. The number of likely N-dealkylation sites (N-methyl/N-ethyl adjacent to an activating group) is 1. The van der Waals surface area contributed by atoms with Gasteiger partial charge in [0, 0.05) is 23.3 Å². The van der Waals surface area contributed by atoms with Crippen molar-refractivity contribution in [1.82, 2.24) is 4.90 Å². The normalized spacial score (nSPS) is 10.4. The number of hydrogen-bond donors (Lipinski definition) is 1. The van der Waals surface area contributed by atoms with Crippen molar-refractivity contribution >= 4 is 29.1 Å². The molecule has 2 amide bonds. The maximum absolute atomic E-state index is 12.5. The van der Waals surface area contributed by atoms with Crippen molar-refractivity contribution in [2.45, 2.75) is 6.61 Å². The third-order valence-electron chi connectivity index (χ3n) is 3.46. The van der Waals surface area contributed by atoms with Gasteiger partial charge in [-0.05, 0) is 36.4 Å². The number of nitrogens with one attached hydrogen (secondary N) is 1. The lowest BCUT2D eigenvalue weighted by Gasteiger charge is -2.18. The highest BCUT2D eigenvalue weighted by molar-refractivity contribution is 6.30. The predicted octanol–water partition coefficient (Wildman–Crippen LogP) is 3.66. The summed E-state index contributed by atoms with van der Waals surface area (Å²) >= 11 is 5.85. The van der Waals surface area contributed by atoms with Crippen LogP contribution in [0.2, 0.25) is 5.02 Å². The highest BCUT2D eigenvalue weighted by atomic mass is 35.5. The molecule has 2 rings (SSSR count). The summed E-state index contributed by atoms with van der Waals surface area (Å²) in [5.41, 5.74) is 0.662. The Bertz CT molecular complexity index is 833. The molecule has 0 fully saturated rings. The van der Waals surface area contributed by atoms with Gasteiger partial charge in [-0.25, -0.2) is 0 Å². The summed E-state index contributed by atoms with van der Waals surface area (Å²) < 4.78 is 34.0. The zero-order valence-electron chi connectivity index (χ0n) is 14.5. The Morgan fingerprint density at radius 2 is 1.93 bits per heavy atom. The van der Waals surface area contributed by atoms with E-state index in [0.717, 1.165) is 0 Å². The van der Waals surface area contributed by atoms with E-state index in [4.69, 9.17) is 16.3 Å². The van der Waals surface area contributed by atoms with Gasteiger partial charge in [0.1, 0.15) is 0 Å². The summed E-state index contributed by atoms with van der Waals surface area (Å²) in [6.45, 7) is -3.23. The molecule has 0 aromatic heterocycles. The van der Waals surface area contributed by atoms with E-state index in [9.17, 15) is 18.4 Å². The standard InChI is InChI=1S/C18H17ClF2N2O4/c1-23(10-16(24)22-13-5-3-4-12(19)9-13)17(25)11-6-7-14(27-18(20)21)15(8-11)26-2/h3-9,18H,10H2,1-2H3,(H,22,24). The first-order valence-corrected chi connectivity index (χ1v) is 8.11. The lowest BCUT2D eigenvalue weighted by Crippen LogP contribution is -2.34. The van der Waals surface area contributed by atoms with Crippen molar-refractivity contribution < 1.29 is 27.8 Å². The maximum Gasteiger partial charge on any atom is 0.387 e. The first-order chi connectivity index (χ1) is 12.8. The Hall–Kier alpha value is -2.87. The molecule has 1 N–H and O–H groups in total. The van der Waals surface area contributed by atoms with Gasteiger partial charge in [0.25, 0.3) is 5.91 Å². The molecule has 0 saturated heterocycles. The van der Waals surface area contributed by atoms with Crippen LogP contribution < -0.4 is 14.8 Å². The Kier molecular flexibility index (Phi) is 6.95. The Labute approximate surface area is 159 Å². The molecule has 2 aromatic carbocycles. The molecular formula is C18H17ClF2N2O4. The van der Waals surface area contributed by atoms with E-state index in [1.165, 1.54) is 37.3 Å². The summed E-state index contributed by atoms with van der Waals surface area (Å²) in [5.74, 6) is -1.11. The van der Waals surface area contributed by atoms with E-state index < -0.39 is 18.4 Å². The fourth-order valence-corrected chi connectivity index (χ4v) is 2.46. The molecule has 27 heavy (non-hydrogen) atoms. The van der Waals surface area contributed by atoms with Crippen molar-refractivity contribution in [2.24, 2.45) is 0 Å². The number of nitrogens with zero attached hydrogens (tertiary/aromatic N) is 1. The molecule has 0 aliphatic rings. The van der Waals surface area contributed by atoms with Crippen molar-refractivity contribution in [2.75, 3.05) is 26.0 Å². The quantitative estimate of drug-likeness (QED) is 0.772. The van der Waals surface area contributed by atoms with Crippen LogP contribution in [0.5, 0.6) is 11.5 Å². The molecule has 0 heterocycles. The third-order valence-corrected chi connectivity index (χ3v) is 3.70. The number of carbonyl (C=O) groups excluding carboxylic acids is 2. The number of methoxy groups -OCH3 is 1. The van der Waals surface area contributed by atoms with Gasteiger partial charge in [0.05, 0.1) is 13.7 Å². The van der Waals surface area contributed by atoms with E-state index in [1.54, 1.807) is 24.3 Å². The lowest BCUT2D eigenvalue weighted by molar-refractivity contribution is -0.116. The van der Waals surface area contributed by atoms with Gasteiger partial charge < -0.3 is 19.7 Å². The Morgan fingerprint density at radius 3 is 2.56 bits per heavy atom. The summed E-state index contributed by atoms with van der Waals surface area (Å²) in [6.07, 6.45) is 0. The molecule has 2 aromatic rings. The molecule has 0 unspecified atom stereocenters. The molecule has 9 heteroatoms. The van der Waals surface area contributed by atoms with E-state index in [-0.39, 0.29) is 23.6 Å². The molecule has 0 aliphatic heterocycles. The fraction of sp³-hybridized carbons (Fsp3) is 0.222. The van der Waals surface area contributed by atoms with Crippen LogP contribution in [0.15, 0.2) is 42.5 Å². The largest absolute Gasteiger partial charge is 0.493 e. The van der Waals surface area contributed by atoms with Crippen molar-refractivity contribution in [3.8, 4) is 11.5 Å². The number of anilines is 1. The minimum atomic E-state index is -3.02. The molecule has 144 valence electrons. The van der Waals surface area contributed by atoms with Gasteiger partial charge in [-0.3, -0.25) is 9.59 Å². The summed E-state index contributed by atoms with van der Waals surface area (Å²) in [6, 6.07) is 10.4. The summed E-state index contributed by atoms with van der Waals surface area (Å²) in [4.78, 5) is 25.7. The highest BCUT2D eigenvalue weighted by Crippen LogP contribution is 2.29. The van der Waals surface area contributed by atoms with Crippen molar-refractivity contribution in [3.63, 3.8) is 0 Å². The number of alkyl halides is 2. The topological polar surface area (TPSA) is 67.9 Å². The minimum absolute atomic E-state index is 0.0158. The van der Waals surface area contributed by atoms with E-state index in [2.05, 4.69) is 10.1 Å². The molecule has 0 radical (unpaired) electrons. The number of rotatable bonds is 7. The SMILES string of the molecule is COc1cc(C(=O)N(C)CC(=O)Nc2cccc(Cl)c2)ccc1OC(F)F. The van der Waals surface area contributed by atoms with Gasteiger partial charge >= 0.3 is 6.61 Å². The van der Waals surface area contributed by atoms with Gasteiger partial charge in [-0.15, -0.1) is 0 Å². The average Bonchev–Trinajstić information content (AvgIpc) is 2.60. The van der Waals surface area contributed by atoms with Gasteiger partial charge in [0.2, 0.25) is 5.91 Å². The average molecular weight is 399 g/mol. The number of ether oxygens (including phenoxy) is 2. The van der Waals surface area contributed by atoms with Crippen LogP contribution in [0.3, 0.4) is 0 Å². The number of hydrogen-bond acceptors (Lipinski definition) is 4. The van der Waals surface area contributed by atoms with E-state index in [1.807, 2.05) is 0 Å². The Morgan fingerprint density at radius 1 is 1.19 bits per heavy atom. The number of carbonyl (C=O) groups is 2. The second-order valence-corrected chi connectivity index (χ2v) is 5.90. The van der Waals surface area contributed by atoms with Crippen LogP contribution in [0, 0.1) is 0 Å². The smallest absolute Gasteiger partial charge is 0.387 e. The zero-order chi connectivity index (χ0) is 20.0. The molecular weight excluding hydrogens is 382 g/mol. The molecule has 6 nitrogen and oxygen atoms in total. The van der Waals surface area contributed by atoms with Crippen LogP contribution in [0.25, 0.3) is 0 Å². The third kappa shape index (κ3) is 5.82. The van der Waals surface area contributed by atoms with Gasteiger partial charge in [-0.1, -0.05) is 17.7 Å². The molecule has 0 aliphatic carbocycles. The second-order valence-electron chi connectivity index (χ2n) is 5.46. The minimum Gasteiger partial charge on any atom is -0.493 e. The number of halogens is 3. The van der Waals surface area contributed by atoms with Crippen molar-refractivity contribution in [3.05, 3.63) is 53.1 Å². The van der Waals surface area contributed by atoms with E-state index in [0.29, 0.717) is 10.7 Å². The monoisotopic (exact) mass is 398 g/mol. The summed E-state index contributed by atoms with van der Waals surface area (Å²) in [7, 11) is 2.71. The molecule has 0 atom stereocenters. The zero-order valence-corrected chi connectivity index (χ0v) is 15.3. The van der Waals surface area contributed by atoms with Crippen LogP contribution >= 0.6 is 11.6 Å². The first kappa shape index (κ1) is 20.4. The van der Waals surface area contributed by atoms with Crippen LogP contribution in [-0.4, -0.2) is 44.0 Å². The van der Waals surface area contributed by atoms with Gasteiger partial charge in [-0.2, -0.15) is 8.78 Å². The predicted molar refractivity (Wildman–Crippen MR) is 96.7 cm³/mol. The summed E-state index contributed by atoms with van der Waals surface area (Å²) in [5, 5.41) is 3.10. The van der Waals surface area contributed by atoms with Crippen LogP contribution in [0.4, 0.5) is 14.5 Å². The first-order valence-electron chi connectivity index (χ1n) is 7.74. The molecule has 0 bridgehead atoms. The Balaban J connectivity index is 2.04. The number of benzene rings is 2.